The van der Waals surface area contributed by atoms with Crippen LogP contribution in [0, 0.1) is 6.92 Å². The number of hydrogen-bond donors (Lipinski definition) is 0. The summed E-state index contributed by atoms with van der Waals surface area (Å²) in [5.41, 5.74) is 0.985. The van der Waals surface area contributed by atoms with E-state index in [2.05, 4.69) is 4.98 Å². The molecule has 5 nitrogen and oxygen atoms in total. The Bertz CT molecular complexity index is 507. The molecule has 1 fully saturated rings. The van der Waals surface area contributed by atoms with Gasteiger partial charge in [0.25, 0.3) is 0 Å². The predicted molar refractivity (Wildman–Crippen MR) is 66.3 cm³/mol. The van der Waals surface area contributed by atoms with Crippen LogP contribution in [0.25, 0.3) is 0 Å². The second-order valence-electron chi connectivity index (χ2n) is 4.81. The van der Waals surface area contributed by atoms with E-state index >= 15 is 0 Å². The van der Waals surface area contributed by atoms with Crippen LogP contribution in [-0.2, 0) is 17.1 Å². The highest BCUT2D eigenvalue weighted by atomic mass is 32.2. The number of sulfonamides is 1. The van der Waals surface area contributed by atoms with Gasteiger partial charge in [0.05, 0.1) is 11.9 Å². The number of imidazole rings is 1. The molecule has 0 N–H and O–H groups in total. The Hall–Kier alpha value is -0.880. The van der Waals surface area contributed by atoms with Gasteiger partial charge < -0.3 is 4.57 Å². The predicted octanol–water partition coefficient (Wildman–Crippen LogP) is 0.868. The maximum Gasteiger partial charge on any atom is 0.211 e. The second kappa shape index (κ2) is 4.42. The number of nitrogens with zero attached hydrogens (tertiary/aromatic N) is 3. The summed E-state index contributed by atoms with van der Waals surface area (Å²) >= 11 is 0. The largest absolute Gasteiger partial charge is 0.337 e. The zero-order chi connectivity index (χ0) is 12.6. The first-order valence-corrected chi connectivity index (χ1v) is 7.68. The maximum atomic E-state index is 11.6. The SMILES string of the molecule is Cc1cn(C)c(C2CCCN(S(C)(=O)=O)C2)n1. The lowest BCUT2D eigenvalue weighted by Gasteiger charge is -2.30. The number of piperidine rings is 1. The third-order valence-electron chi connectivity index (χ3n) is 3.25. The second-order valence-corrected chi connectivity index (χ2v) is 6.79. The van der Waals surface area contributed by atoms with E-state index < -0.39 is 10.0 Å². The molecule has 1 aromatic rings. The van der Waals surface area contributed by atoms with Crippen LogP contribution in [-0.4, -0.2) is 41.6 Å². The van der Waals surface area contributed by atoms with Crippen molar-refractivity contribution in [2.75, 3.05) is 19.3 Å². The minimum Gasteiger partial charge on any atom is -0.337 e. The fourth-order valence-electron chi connectivity index (χ4n) is 2.47. The summed E-state index contributed by atoms with van der Waals surface area (Å²) in [7, 11) is -1.11. The summed E-state index contributed by atoms with van der Waals surface area (Å²) in [5.74, 6) is 1.22. The molecule has 2 rings (SSSR count). The van der Waals surface area contributed by atoms with E-state index in [0.29, 0.717) is 13.1 Å². The van der Waals surface area contributed by atoms with Crippen LogP contribution in [0.15, 0.2) is 6.20 Å². The molecule has 1 aliphatic rings. The lowest BCUT2D eigenvalue weighted by Crippen LogP contribution is -2.39. The first-order chi connectivity index (χ1) is 7.88. The van der Waals surface area contributed by atoms with Crippen molar-refractivity contribution in [2.45, 2.75) is 25.7 Å². The maximum absolute atomic E-state index is 11.6. The van der Waals surface area contributed by atoms with Crippen LogP contribution in [0.3, 0.4) is 0 Å². The Morgan fingerprint density at radius 1 is 1.47 bits per heavy atom. The Labute approximate surface area is 103 Å². The van der Waals surface area contributed by atoms with Gasteiger partial charge in [-0.05, 0) is 19.8 Å². The Kier molecular flexibility index (Phi) is 3.27. The van der Waals surface area contributed by atoms with Gasteiger partial charge in [-0.25, -0.2) is 17.7 Å². The highest BCUT2D eigenvalue weighted by molar-refractivity contribution is 7.88. The summed E-state index contributed by atoms with van der Waals surface area (Å²) in [6.07, 6.45) is 5.17. The minimum atomic E-state index is -3.08. The van der Waals surface area contributed by atoms with Crippen LogP contribution >= 0.6 is 0 Å². The summed E-state index contributed by atoms with van der Waals surface area (Å²) in [6.45, 7) is 3.16. The van der Waals surface area contributed by atoms with Crippen molar-refractivity contribution >= 4 is 10.0 Å². The molecule has 1 aliphatic heterocycles. The van der Waals surface area contributed by atoms with Gasteiger partial charge in [-0.3, -0.25) is 0 Å². The van der Waals surface area contributed by atoms with Crippen LogP contribution in [0.1, 0.15) is 30.3 Å². The van der Waals surface area contributed by atoms with E-state index in [0.717, 1.165) is 24.4 Å². The Balaban J connectivity index is 2.21. The number of aromatic nitrogens is 2. The molecule has 0 saturated carbocycles. The van der Waals surface area contributed by atoms with Crippen molar-refractivity contribution in [3.8, 4) is 0 Å². The smallest absolute Gasteiger partial charge is 0.211 e. The zero-order valence-electron chi connectivity index (χ0n) is 10.5. The number of hydrogen-bond acceptors (Lipinski definition) is 3. The monoisotopic (exact) mass is 257 g/mol. The summed E-state index contributed by atoms with van der Waals surface area (Å²) in [6, 6.07) is 0. The molecular formula is C11H19N3O2S. The van der Waals surface area contributed by atoms with E-state index in [1.807, 2.05) is 24.7 Å². The molecule has 0 bridgehead atoms. The number of aryl methyl sites for hydroxylation is 2. The van der Waals surface area contributed by atoms with E-state index in [1.54, 1.807) is 4.31 Å². The molecule has 1 atom stereocenters. The molecule has 0 aromatic carbocycles. The van der Waals surface area contributed by atoms with E-state index in [1.165, 1.54) is 6.26 Å². The molecule has 0 aliphatic carbocycles. The zero-order valence-corrected chi connectivity index (χ0v) is 11.4. The summed E-state index contributed by atoms with van der Waals surface area (Å²) in [5, 5.41) is 0. The van der Waals surface area contributed by atoms with E-state index in [9.17, 15) is 8.42 Å². The van der Waals surface area contributed by atoms with Gasteiger partial charge >= 0.3 is 0 Å². The van der Waals surface area contributed by atoms with Gasteiger partial charge in [0.1, 0.15) is 5.82 Å². The summed E-state index contributed by atoms with van der Waals surface area (Å²) < 4.78 is 26.7. The molecule has 17 heavy (non-hydrogen) atoms. The van der Waals surface area contributed by atoms with Crippen molar-refractivity contribution < 1.29 is 8.42 Å². The van der Waals surface area contributed by atoms with Crippen molar-refractivity contribution in [1.29, 1.82) is 0 Å². The third-order valence-corrected chi connectivity index (χ3v) is 4.52. The van der Waals surface area contributed by atoms with Crippen molar-refractivity contribution in [3.63, 3.8) is 0 Å². The quantitative estimate of drug-likeness (QED) is 0.790. The molecule has 2 heterocycles. The molecule has 0 spiro atoms. The topological polar surface area (TPSA) is 55.2 Å². The van der Waals surface area contributed by atoms with E-state index in [-0.39, 0.29) is 5.92 Å². The minimum absolute atomic E-state index is 0.220. The standard InChI is InChI=1S/C11H19N3O2S/c1-9-7-13(2)11(12-9)10-5-4-6-14(8-10)17(3,15)16/h7,10H,4-6,8H2,1-3H3. The molecule has 0 radical (unpaired) electrons. The molecular weight excluding hydrogens is 238 g/mol. The van der Waals surface area contributed by atoms with Gasteiger partial charge in [0, 0.05) is 32.3 Å². The highest BCUT2D eigenvalue weighted by Gasteiger charge is 2.28. The van der Waals surface area contributed by atoms with Gasteiger partial charge in [-0.15, -0.1) is 0 Å². The van der Waals surface area contributed by atoms with Crippen LogP contribution in [0.5, 0.6) is 0 Å². The molecule has 1 saturated heterocycles. The normalized spacial score (nSPS) is 22.9. The molecule has 0 amide bonds. The summed E-state index contributed by atoms with van der Waals surface area (Å²) in [4.78, 5) is 4.49. The average Bonchev–Trinajstić information content (AvgIpc) is 2.57. The fraction of sp³-hybridized carbons (Fsp3) is 0.727. The van der Waals surface area contributed by atoms with Gasteiger partial charge in [0.2, 0.25) is 10.0 Å². The van der Waals surface area contributed by atoms with Crippen LogP contribution < -0.4 is 0 Å². The van der Waals surface area contributed by atoms with Gasteiger partial charge in [0.15, 0.2) is 0 Å². The van der Waals surface area contributed by atoms with Gasteiger partial charge in [-0.1, -0.05) is 0 Å². The van der Waals surface area contributed by atoms with Crippen molar-refractivity contribution in [3.05, 3.63) is 17.7 Å². The van der Waals surface area contributed by atoms with E-state index in [4.69, 9.17) is 0 Å². The Morgan fingerprint density at radius 3 is 2.71 bits per heavy atom. The highest BCUT2D eigenvalue weighted by Crippen LogP contribution is 2.27. The first-order valence-electron chi connectivity index (χ1n) is 5.83. The Morgan fingerprint density at radius 2 is 2.18 bits per heavy atom. The lowest BCUT2D eigenvalue weighted by molar-refractivity contribution is 0.308. The van der Waals surface area contributed by atoms with Crippen molar-refractivity contribution in [2.24, 2.45) is 7.05 Å². The fourth-order valence-corrected chi connectivity index (χ4v) is 3.38. The van der Waals surface area contributed by atoms with Crippen molar-refractivity contribution in [1.82, 2.24) is 13.9 Å². The molecule has 96 valence electrons. The van der Waals surface area contributed by atoms with Crippen LogP contribution in [0.4, 0.5) is 0 Å². The van der Waals surface area contributed by atoms with Crippen LogP contribution in [0.2, 0.25) is 0 Å². The first kappa shape index (κ1) is 12.6. The molecule has 1 unspecified atom stereocenters. The number of rotatable bonds is 2. The molecule has 1 aromatic heterocycles. The van der Waals surface area contributed by atoms with Gasteiger partial charge in [-0.2, -0.15) is 0 Å². The third kappa shape index (κ3) is 2.69. The lowest BCUT2D eigenvalue weighted by atomic mass is 9.99. The average molecular weight is 257 g/mol. The molecule has 6 heteroatoms.